The fourth-order valence-corrected chi connectivity index (χ4v) is 5.14. The topological polar surface area (TPSA) is 20.2 Å². The normalized spacial score (nSPS) is 64.5. The van der Waals surface area contributed by atoms with E-state index in [9.17, 15) is 5.11 Å². The first-order valence-electron chi connectivity index (χ1n) is 6.56. The van der Waals surface area contributed by atoms with Crippen LogP contribution in [-0.2, 0) is 0 Å². The molecule has 4 aliphatic rings. The number of fused-ring (bicyclic) bond motifs is 2. The Morgan fingerprint density at radius 2 is 1.36 bits per heavy atom. The summed E-state index contributed by atoms with van der Waals surface area (Å²) in [5, 5.41) is 10.7. The number of hydrogen-bond donors (Lipinski definition) is 1. The average Bonchev–Trinajstić information content (AvgIpc) is 3.00. The summed E-state index contributed by atoms with van der Waals surface area (Å²) in [4.78, 5) is 0. The molecule has 0 heterocycles. The van der Waals surface area contributed by atoms with Crippen LogP contribution in [0.4, 0.5) is 0 Å². The molecule has 4 atom stereocenters. The molecular formula is C13H20O. The van der Waals surface area contributed by atoms with Crippen LogP contribution in [0.2, 0.25) is 0 Å². The van der Waals surface area contributed by atoms with E-state index in [1.54, 1.807) is 0 Å². The average molecular weight is 192 g/mol. The zero-order valence-electron chi connectivity index (χ0n) is 8.78. The van der Waals surface area contributed by atoms with Crippen LogP contribution >= 0.6 is 0 Å². The van der Waals surface area contributed by atoms with Gasteiger partial charge in [0, 0.05) is 0 Å². The van der Waals surface area contributed by atoms with E-state index >= 15 is 0 Å². The van der Waals surface area contributed by atoms with Crippen LogP contribution in [0, 0.1) is 29.6 Å². The molecule has 0 aromatic carbocycles. The van der Waals surface area contributed by atoms with Gasteiger partial charge in [-0.3, -0.25) is 0 Å². The molecule has 0 amide bonds. The standard InChI is InChI=1S/C13H20O/c14-13(10-6-1-2-7-11(10)13)12-8-4-3-5-9(8)12/h8-12,14H,1-7H2. The van der Waals surface area contributed by atoms with Crippen LogP contribution < -0.4 is 0 Å². The SMILES string of the molecule is OC1(C2C3CCCC32)C2CCCCC21. The minimum atomic E-state index is -0.147. The molecule has 0 aromatic heterocycles. The molecule has 1 heteroatoms. The van der Waals surface area contributed by atoms with E-state index in [4.69, 9.17) is 0 Å². The van der Waals surface area contributed by atoms with Crippen LogP contribution in [0.1, 0.15) is 44.9 Å². The van der Waals surface area contributed by atoms with E-state index in [1.165, 1.54) is 44.9 Å². The van der Waals surface area contributed by atoms with Gasteiger partial charge < -0.3 is 5.11 Å². The zero-order chi connectivity index (χ0) is 9.34. The molecule has 0 saturated heterocycles. The highest BCUT2D eigenvalue weighted by molar-refractivity contribution is 5.24. The molecule has 78 valence electrons. The highest BCUT2D eigenvalue weighted by Gasteiger charge is 2.75. The molecular weight excluding hydrogens is 172 g/mol. The van der Waals surface area contributed by atoms with Gasteiger partial charge >= 0.3 is 0 Å². The highest BCUT2D eigenvalue weighted by Crippen LogP contribution is 2.74. The van der Waals surface area contributed by atoms with Crippen molar-refractivity contribution in [3.05, 3.63) is 0 Å². The van der Waals surface area contributed by atoms with Crippen LogP contribution in [0.3, 0.4) is 0 Å². The van der Waals surface area contributed by atoms with Crippen LogP contribution in [0.5, 0.6) is 0 Å². The molecule has 1 N–H and O–H groups in total. The minimum Gasteiger partial charge on any atom is -0.389 e. The van der Waals surface area contributed by atoms with Gasteiger partial charge in [0.05, 0.1) is 5.60 Å². The molecule has 0 bridgehead atoms. The fraction of sp³-hybridized carbons (Fsp3) is 1.00. The summed E-state index contributed by atoms with van der Waals surface area (Å²) in [5.41, 5.74) is -0.147. The van der Waals surface area contributed by atoms with Gasteiger partial charge in [0.2, 0.25) is 0 Å². The van der Waals surface area contributed by atoms with Crippen molar-refractivity contribution in [2.45, 2.75) is 50.5 Å². The second-order valence-electron chi connectivity index (χ2n) is 6.17. The molecule has 4 fully saturated rings. The number of rotatable bonds is 1. The minimum absolute atomic E-state index is 0.147. The monoisotopic (exact) mass is 192 g/mol. The Labute approximate surface area is 85.9 Å². The van der Waals surface area contributed by atoms with E-state index in [1.807, 2.05) is 0 Å². The Morgan fingerprint density at radius 3 is 1.93 bits per heavy atom. The Balaban J connectivity index is 1.56. The molecule has 0 radical (unpaired) electrons. The smallest absolute Gasteiger partial charge is 0.0744 e. The predicted octanol–water partition coefficient (Wildman–Crippen LogP) is 2.58. The third-order valence-electron chi connectivity index (χ3n) is 5.79. The summed E-state index contributed by atoms with van der Waals surface area (Å²) in [6.07, 6.45) is 9.72. The van der Waals surface area contributed by atoms with Crippen molar-refractivity contribution in [1.29, 1.82) is 0 Å². The van der Waals surface area contributed by atoms with Crippen molar-refractivity contribution in [3.8, 4) is 0 Å². The Bertz CT molecular complexity index is 250. The molecule has 14 heavy (non-hydrogen) atoms. The highest BCUT2D eigenvalue weighted by atomic mass is 16.3. The Hall–Kier alpha value is -0.0400. The molecule has 4 saturated carbocycles. The molecule has 0 aliphatic heterocycles. The maximum atomic E-state index is 10.7. The summed E-state index contributed by atoms with van der Waals surface area (Å²) >= 11 is 0. The van der Waals surface area contributed by atoms with Gasteiger partial charge in [-0.05, 0) is 55.3 Å². The van der Waals surface area contributed by atoms with Crippen molar-refractivity contribution >= 4 is 0 Å². The number of aliphatic hydroxyl groups is 1. The van der Waals surface area contributed by atoms with E-state index in [0.29, 0.717) is 0 Å². The third kappa shape index (κ3) is 0.778. The Morgan fingerprint density at radius 1 is 0.786 bits per heavy atom. The van der Waals surface area contributed by atoms with E-state index in [-0.39, 0.29) is 5.60 Å². The van der Waals surface area contributed by atoms with Gasteiger partial charge in [-0.25, -0.2) is 0 Å². The van der Waals surface area contributed by atoms with Crippen molar-refractivity contribution in [1.82, 2.24) is 0 Å². The molecule has 4 unspecified atom stereocenters. The summed E-state index contributed by atoms with van der Waals surface area (Å²) in [7, 11) is 0. The molecule has 0 spiro atoms. The van der Waals surface area contributed by atoms with Gasteiger partial charge in [0.15, 0.2) is 0 Å². The first-order valence-corrected chi connectivity index (χ1v) is 6.56. The van der Waals surface area contributed by atoms with Crippen LogP contribution in [-0.4, -0.2) is 10.7 Å². The fourth-order valence-electron chi connectivity index (χ4n) is 5.14. The van der Waals surface area contributed by atoms with E-state index in [0.717, 1.165) is 29.6 Å². The van der Waals surface area contributed by atoms with Gasteiger partial charge in [0.25, 0.3) is 0 Å². The Kier molecular flexibility index (Phi) is 1.38. The van der Waals surface area contributed by atoms with Crippen molar-refractivity contribution in [2.75, 3.05) is 0 Å². The van der Waals surface area contributed by atoms with E-state index in [2.05, 4.69) is 0 Å². The first-order chi connectivity index (χ1) is 6.83. The molecule has 0 aromatic rings. The van der Waals surface area contributed by atoms with Crippen LogP contribution in [0.15, 0.2) is 0 Å². The second kappa shape index (κ2) is 2.37. The second-order valence-corrected chi connectivity index (χ2v) is 6.17. The van der Waals surface area contributed by atoms with Crippen molar-refractivity contribution in [2.24, 2.45) is 29.6 Å². The zero-order valence-corrected chi connectivity index (χ0v) is 8.78. The maximum absolute atomic E-state index is 10.7. The third-order valence-corrected chi connectivity index (χ3v) is 5.79. The summed E-state index contributed by atoms with van der Waals surface area (Å²) in [6, 6.07) is 0. The van der Waals surface area contributed by atoms with Gasteiger partial charge in [0.1, 0.15) is 0 Å². The number of hydrogen-bond acceptors (Lipinski definition) is 1. The predicted molar refractivity (Wildman–Crippen MR) is 54.7 cm³/mol. The van der Waals surface area contributed by atoms with Gasteiger partial charge in [-0.2, -0.15) is 0 Å². The quantitative estimate of drug-likeness (QED) is 0.677. The maximum Gasteiger partial charge on any atom is 0.0744 e. The molecule has 1 nitrogen and oxygen atoms in total. The molecule has 4 aliphatic carbocycles. The summed E-state index contributed by atoms with van der Waals surface area (Å²) < 4.78 is 0. The summed E-state index contributed by atoms with van der Waals surface area (Å²) in [6.45, 7) is 0. The lowest BCUT2D eigenvalue weighted by molar-refractivity contribution is 0.0798. The van der Waals surface area contributed by atoms with Crippen molar-refractivity contribution < 1.29 is 5.11 Å². The van der Waals surface area contributed by atoms with E-state index < -0.39 is 0 Å². The van der Waals surface area contributed by atoms with Gasteiger partial charge in [-0.15, -0.1) is 0 Å². The van der Waals surface area contributed by atoms with Crippen LogP contribution in [0.25, 0.3) is 0 Å². The first kappa shape index (κ1) is 8.15. The summed E-state index contributed by atoms with van der Waals surface area (Å²) in [5.74, 6) is 4.11. The lowest BCUT2D eigenvalue weighted by Gasteiger charge is -2.12. The van der Waals surface area contributed by atoms with Crippen molar-refractivity contribution in [3.63, 3.8) is 0 Å². The molecule has 4 rings (SSSR count). The van der Waals surface area contributed by atoms with Gasteiger partial charge in [-0.1, -0.05) is 19.3 Å². The lowest BCUT2D eigenvalue weighted by atomic mass is 10.0. The largest absolute Gasteiger partial charge is 0.389 e. The lowest BCUT2D eigenvalue weighted by Crippen LogP contribution is -2.19.